The fourth-order valence-electron chi connectivity index (χ4n) is 1.75. The number of pyridine rings is 3. The molecule has 0 saturated heterocycles. The van der Waals surface area contributed by atoms with E-state index in [1.807, 2.05) is 54.6 Å². The Kier molecular flexibility index (Phi) is 6.01. The summed E-state index contributed by atoms with van der Waals surface area (Å²) in [6.45, 7) is 0. The van der Waals surface area contributed by atoms with Crippen molar-refractivity contribution < 1.29 is 16.5 Å². The maximum absolute atomic E-state index is 4.59. The molecule has 0 atom stereocenters. The first-order valence-electron chi connectivity index (χ1n) is 5.73. The molecule has 0 amide bonds. The van der Waals surface area contributed by atoms with Crippen LogP contribution in [0.1, 0.15) is 0 Å². The molecule has 3 rings (SSSR count). The maximum Gasteiger partial charge on any atom is 0.0894 e. The largest absolute Gasteiger partial charge is 0.358 e. The van der Waals surface area contributed by atoms with E-state index in [0.717, 1.165) is 22.8 Å². The molecule has 0 bridgehead atoms. The predicted octanol–water partition coefficient (Wildman–Crippen LogP) is 3.65. The van der Waals surface area contributed by atoms with Crippen LogP contribution in [0.4, 0.5) is 0 Å². The molecule has 0 spiro atoms. The Balaban J connectivity index is 0.000001000. The van der Waals surface area contributed by atoms with Gasteiger partial charge in [0.1, 0.15) is 0 Å². The van der Waals surface area contributed by atoms with Crippen LogP contribution in [0.5, 0.6) is 0 Å². The molecule has 104 valence electrons. The van der Waals surface area contributed by atoms with Crippen molar-refractivity contribution in [3.8, 4) is 22.8 Å². The van der Waals surface area contributed by atoms with Crippen molar-refractivity contribution in [1.82, 2.24) is 15.0 Å². The Bertz CT molecular complexity index is 587. The van der Waals surface area contributed by atoms with E-state index in [-0.39, 0.29) is 23.9 Å². The quantitative estimate of drug-likeness (QED) is 0.536. The molecule has 3 aromatic heterocycles. The van der Waals surface area contributed by atoms with Gasteiger partial charge in [-0.3, -0.25) is 9.97 Å². The molecule has 0 radical (unpaired) electrons. The van der Waals surface area contributed by atoms with E-state index in [4.69, 9.17) is 0 Å². The van der Waals surface area contributed by atoms with Crippen molar-refractivity contribution in [2.45, 2.75) is 0 Å². The second-order valence-corrected chi connectivity index (χ2v) is 3.84. The third-order valence-corrected chi connectivity index (χ3v) is 2.60. The number of hydrogen-bond acceptors (Lipinski definition) is 3. The first-order chi connectivity index (χ1) is 8.93. The molecular weight excluding hydrogens is 293 g/mol. The van der Waals surface area contributed by atoms with Crippen LogP contribution < -0.4 is 0 Å². The second kappa shape index (κ2) is 7.51. The first-order valence-corrected chi connectivity index (χ1v) is 5.73. The van der Waals surface area contributed by atoms with Crippen LogP contribution in [0.15, 0.2) is 67.0 Å². The Morgan fingerprint density at radius 1 is 0.550 bits per heavy atom. The number of nitrogens with zero attached hydrogens (tertiary/aromatic N) is 3. The van der Waals surface area contributed by atoms with E-state index >= 15 is 0 Å². The zero-order valence-corrected chi connectivity index (χ0v) is 12.0. The minimum absolute atomic E-state index is 0. The Hall–Kier alpha value is -2.06. The van der Waals surface area contributed by atoms with E-state index in [9.17, 15) is 0 Å². The van der Waals surface area contributed by atoms with Crippen molar-refractivity contribution in [1.29, 1.82) is 0 Å². The van der Waals surface area contributed by atoms with Crippen molar-refractivity contribution in [3.05, 3.63) is 74.4 Å². The summed E-state index contributed by atoms with van der Waals surface area (Å²) in [5, 5.41) is 0. The third-order valence-electron chi connectivity index (χ3n) is 2.60. The van der Waals surface area contributed by atoms with Crippen LogP contribution in [-0.4, -0.2) is 15.0 Å². The molecular formula is C16H14N3Ni-. The molecule has 4 heteroatoms. The predicted molar refractivity (Wildman–Crippen MR) is 77.1 cm³/mol. The van der Waals surface area contributed by atoms with Gasteiger partial charge in [-0.1, -0.05) is 18.2 Å². The van der Waals surface area contributed by atoms with Crippen LogP contribution in [0.25, 0.3) is 22.8 Å². The van der Waals surface area contributed by atoms with Crippen molar-refractivity contribution in [2.75, 3.05) is 0 Å². The molecule has 20 heavy (non-hydrogen) atoms. The van der Waals surface area contributed by atoms with Gasteiger partial charge in [0.2, 0.25) is 0 Å². The number of rotatable bonds is 2. The summed E-state index contributed by atoms with van der Waals surface area (Å²) in [4.78, 5) is 13.2. The summed E-state index contributed by atoms with van der Waals surface area (Å²) in [6.07, 6.45) is 3.54. The first kappa shape index (κ1) is 16.0. The van der Waals surface area contributed by atoms with Crippen LogP contribution in [0.2, 0.25) is 0 Å². The second-order valence-electron chi connectivity index (χ2n) is 3.84. The monoisotopic (exact) mass is 306 g/mol. The molecule has 3 heterocycles. The van der Waals surface area contributed by atoms with Crippen molar-refractivity contribution in [2.24, 2.45) is 0 Å². The normalized spacial score (nSPS) is 9.20. The minimum atomic E-state index is 0. The zero-order valence-electron chi connectivity index (χ0n) is 11.0. The van der Waals surface area contributed by atoms with Gasteiger partial charge >= 0.3 is 0 Å². The Labute approximate surface area is 129 Å². The summed E-state index contributed by atoms with van der Waals surface area (Å²) in [7, 11) is 0. The number of aromatic nitrogens is 3. The molecule has 0 aliphatic carbocycles. The van der Waals surface area contributed by atoms with Crippen LogP contribution in [0, 0.1) is 7.43 Å². The summed E-state index contributed by atoms with van der Waals surface area (Å²) >= 11 is 0. The van der Waals surface area contributed by atoms with Gasteiger partial charge in [-0.2, -0.15) is 0 Å². The maximum atomic E-state index is 4.59. The van der Waals surface area contributed by atoms with Gasteiger partial charge in [0, 0.05) is 28.9 Å². The minimum Gasteiger partial charge on any atom is -0.358 e. The average Bonchev–Trinajstić information content (AvgIpc) is 2.49. The van der Waals surface area contributed by atoms with Crippen molar-refractivity contribution >= 4 is 0 Å². The van der Waals surface area contributed by atoms with Gasteiger partial charge in [0.05, 0.1) is 22.8 Å². The molecule has 3 aromatic rings. The summed E-state index contributed by atoms with van der Waals surface area (Å²) < 4.78 is 0. The Morgan fingerprint density at radius 3 is 1.40 bits per heavy atom. The topological polar surface area (TPSA) is 38.7 Å². The smallest absolute Gasteiger partial charge is 0.0894 e. The Morgan fingerprint density at radius 2 is 1.00 bits per heavy atom. The number of hydrogen-bond donors (Lipinski definition) is 0. The molecule has 0 unspecified atom stereocenters. The van der Waals surface area contributed by atoms with E-state index in [1.54, 1.807) is 12.4 Å². The van der Waals surface area contributed by atoms with Gasteiger partial charge in [-0.25, -0.2) is 4.98 Å². The van der Waals surface area contributed by atoms with Crippen molar-refractivity contribution in [3.63, 3.8) is 0 Å². The summed E-state index contributed by atoms with van der Waals surface area (Å²) in [6, 6.07) is 17.5. The molecule has 3 nitrogen and oxygen atoms in total. The van der Waals surface area contributed by atoms with Gasteiger partial charge in [-0.15, -0.1) is 0 Å². The van der Waals surface area contributed by atoms with E-state index in [1.165, 1.54) is 0 Å². The van der Waals surface area contributed by atoms with E-state index in [2.05, 4.69) is 15.0 Å². The van der Waals surface area contributed by atoms with Gasteiger partial charge in [0.25, 0.3) is 0 Å². The van der Waals surface area contributed by atoms with Gasteiger partial charge in [0.15, 0.2) is 0 Å². The van der Waals surface area contributed by atoms with Crippen LogP contribution in [-0.2, 0) is 16.5 Å². The molecule has 0 aliphatic rings. The standard InChI is InChI=1S/C15H11N3.CH3.Ni/c1-3-10-16-12(6-1)14-8-5-9-15(18-14)13-7-2-4-11-17-13;;/h1-11H;1H3;/q;-1;. The molecule has 0 aliphatic heterocycles. The fraction of sp³-hybridized carbons (Fsp3) is 0. The molecule has 0 fully saturated rings. The third kappa shape index (κ3) is 3.49. The van der Waals surface area contributed by atoms with E-state index < -0.39 is 0 Å². The zero-order chi connectivity index (χ0) is 12.2. The summed E-state index contributed by atoms with van der Waals surface area (Å²) in [5.74, 6) is 0. The van der Waals surface area contributed by atoms with Crippen LogP contribution >= 0.6 is 0 Å². The van der Waals surface area contributed by atoms with E-state index in [0.29, 0.717) is 0 Å². The van der Waals surface area contributed by atoms with Gasteiger partial charge in [-0.05, 0) is 36.4 Å². The average molecular weight is 307 g/mol. The molecule has 0 N–H and O–H groups in total. The SMILES string of the molecule is [CH3-].[Ni].c1ccc(-c2cccc(-c3ccccn3)n2)nc1. The molecule has 0 saturated carbocycles. The van der Waals surface area contributed by atoms with Crippen LogP contribution in [0.3, 0.4) is 0 Å². The fourth-order valence-corrected chi connectivity index (χ4v) is 1.75. The van der Waals surface area contributed by atoms with Gasteiger partial charge < -0.3 is 7.43 Å². The summed E-state index contributed by atoms with van der Waals surface area (Å²) in [5.41, 5.74) is 3.46. The molecule has 0 aromatic carbocycles.